The van der Waals surface area contributed by atoms with E-state index < -0.39 is 17.3 Å². The zero-order chi connectivity index (χ0) is 11.6. The first-order valence-electron chi connectivity index (χ1n) is 4.01. The van der Waals surface area contributed by atoms with E-state index in [0.717, 1.165) is 0 Å². The van der Waals surface area contributed by atoms with Crippen LogP contribution >= 0.6 is 15.9 Å². The Morgan fingerprint density at radius 1 is 1.73 bits per heavy atom. The second kappa shape index (κ2) is 4.59. The summed E-state index contributed by atoms with van der Waals surface area (Å²) in [6.45, 7) is -0.332. The molecule has 1 rings (SSSR count). The lowest BCUT2D eigenvalue weighted by Crippen LogP contribution is -2.16. The van der Waals surface area contributed by atoms with Crippen LogP contribution in [-0.4, -0.2) is 24.5 Å². The average molecular weight is 278 g/mol. The van der Waals surface area contributed by atoms with Gasteiger partial charge in [0.15, 0.2) is 23.1 Å². The van der Waals surface area contributed by atoms with Crippen molar-refractivity contribution in [3.63, 3.8) is 0 Å². The summed E-state index contributed by atoms with van der Waals surface area (Å²) in [5.74, 6) is -2.38. The topological polar surface area (TPSA) is 72.5 Å². The molecular weight excluding hydrogens is 269 g/mol. The zero-order valence-corrected chi connectivity index (χ0v) is 9.47. The Morgan fingerprint density at radius 2 is 2.33 bits per heavy atom. The minimum atomic E-state index is -1.03. The van der Waals surface area contributed by atoms with Crippen LogP contribution in [0.25, 0.3) is 0 Å². The van der Waals surface area contributed by atoms with Crippen LogP contribution in [0.15, 0.2) is 10.5 Å². The van der Waals surface area contributed by atoms with Gasteiger partial charge in [0.2, 0.25) is 0 Å². The van der Waals surface area contributed by atoms with Crippen LogP contribution in [0.2, 0.25) is 0 Å². The molecule has 0 radical (unpaired) electrons. The molecule has 0 aromatic heterocycles. The summed E-state index contributed by atoms with van der Waals surface area (Å²) in [5, 5.41) is 9.33. The standard InChI is InChI=1S/C9H9BrFNO3/c1-15-6-2-4(10)7(5(13)3-12)8(11)9(6)14/h2,14H,3,12H2,1H3. The van der Waals surface area contributed by atoms with Crippen molar-refractivity contribution in [1.82, 2.24) is 0 Å². The number of methoxy groups -OCH3 is 1. The smallest absolute Gasteiger partial charge is 0.195 e. The Kier molecular flexibility index (Phi) is 3.65. The van der Waals surface area contributed by atoms with Crippen LogP contribution in [0.5, 0.6) is 11.5 Å². The van der Waals surface area contributed by atoms with E-state index in [1.165, 1.54) is 13.2 Å². The van der Waals surface area contributed by atoms with Crippen LogP contribution in [0.1, 0.15) is 10.4 Å². The van der Waals surface area contributed by atoms with E-state index in [0.29, 0.717) is 0 Å². The lowest BCUT2D eigenvalue weighted by atomic mass is 10.1. The summed E-state index contributed by atoms with van der Waals surface area (Å²) in [4.78, 5) is 11.3. The molecular formula is C9H9BrFNO3. The summed E-state index contributed by atoms with van der Waals surface area (Å²) in [5.41, 5.74) is 4.84. The lowest BCUT2D eigenvalue weighted by molar-refractivity contribution is 0.0996. The van der Waals surface area contributed by atoms with E-state index in [4.69, 9.17) is 10.5 Å². The van der Waals surface area contributed by atoms with E-state index in [1.54, 1.807) is 0 Å². The van der Waals surface area contributed by atoms with E-state index in [-0.39, 0.29) is 22.3 Å². The molecule has 0 amide bonds. The number of Topliss-reactive ketones (excluding diaryl/α,β-unsaturated/α-hetero) is 1. The predicted molar refractivity (Wildman–Crippen MR) is 55.7 cm³/mol. The second-order valence-electron chi connectivity index (χ2n) is 2.73. The van der Waals surface area contributed by atoms with Crippen molar-refractivity contribution in [3.8, 4) is 11.5 Å². The highest BCUT2D eigenvalue weighted by Gasteiger charge is 2.21. The first-order valence-corrected chi connectivity index (χ1v) is 4.80. The van der Waals surface area contributed by atoms with Crippen molar-refractivity contribution in [2.24, 2.45) is 5.73 Å². The van der Waals surface area contributed by atoms with Gasteiger partial charge in [0, 0.05) is 4.47 Å². The quantitative estimate of drug-likeness (QED) is 0.821. The van der Waals surface area contributed by atoms with E-state index in [1.807, 2.05) is 0 Å². The number of aromatic hydroxyl groups is 1. The number of halogens is 2. The highest BCUT2D eigenvalue weighted by atomic mass is 79.9. The van der Waals surface area contributed by atoms with Gasteiger partial charge in [-0.3, -0.25) is 4.79 Å². The number of nitrogens with two attached hydrogens (primary N) is 1. The number of carbonyl (C=O) groups excluding carboxylic acids is 1. The Balaban J connectivity index is 3.42. The van der Waals surface area contributed by atoms with Gasteiger partial charge in [-0.15, -0.1) is 0 Å². The van der Waals surface area contributed by atoms with Crippen LogP contribution in [-0.2, 0) is 0 Å². The average Bonchev–Trinajstić information content (AvgIpc) is 2.23. The molecule has 0 unspecified atom stereocenters. The lowest BCUT2D eigenvalue weighted by Gasteiger charge is -2.09. The fraction of sp³-hybridized carbons (Fsp3) is 0.222. The summed E-state index contributed by atoms with van der Waals surface area (Å²) in [7, 11) is 1.28. The fourth-order valence-electron chi connectivity index (χ4n) is 1.10. The number of phenols is 1. The molecule has 4 nitrogen and oxygen atoms in total. The summed E-state index contributed by atoms with van der Waals surface area (Å²) >= 11 is 3.01. The molecule has 0 saturated carbocycles. The highest BCUT2D eigenvalue weighted by molar-refractivity contribution is 9.10. The van der Waals surface area contributed by atoms with Crippen molar-refractivity contribution in [1.29, 1.82) is 0 Å². The van der Waals surface area contributed by atoms with Gasteiger partial charge in [-0.1, -0.05) is 0 Å². The van der Waals surface area contributed by atoms with Gasteiger partial charge >= 0.3 is 0 Å². The van der Waals surface area contributed by atoms with Crippen LogP contribution in [0, 0.1) is 5.82 Å². The number of ketones is 1. The first kappa shape index (κ1) is 11.9. The third-order valence-electron chi connectivity index (χ3n) is 1.84. The van der Waals surface area contributed by atoms with Crippen molar-refractivity contribution in [2.45, 2.75) is 0 Å². The molecule has 1 aromatic carbocycles. The van der Waals surface area contributed by atoms with Gasteiger partial charge in [-0.2, -0.15) is 0 Å². The molecule has 0 saturated heterocycles. The Labute approximate surface area is 94.0 Å². The summed E-state index contributed by atoms with van der Waals surface area (Å²) in [6, 6.07) is 1.31. The second-order valence-corrected chi connectivity index (χ2v) is 3.58. The molecule has 0 spiro atoms. The van der Waals surface area contributed by atoms with Crippen LogP contribution in [0.3, 0.4) is 0 Å². The largest absolute Gasteiger partial charge is 0.502 e. The molecule has 1 aromatic rings. The molecule has 0 aliphatic heterocycles. The number of carbonyl (C=O) groups is 1. The Hall–Kier alpha value is -1.14. The fourth-order valence-corrected chi connectivity index (χ4v) is 1.70. The molecule has 0 heterocycles. The SMILES string of the molecule is COc1cc(Br)c(C(=O)CN)c(F)c1O. The molecule has 3 N–H and O–H groups in total. The number of hydrogen-bond acceptors (Lipinski definition) is 4. The molecule has 0 bridgehead atoms. The highest BCUT2D eigenvalue weighted by Crippen LogP contribution is 2.36. The number of phenolic OH excluding ortho intramolecular Hbond substituents is 1. The summed E-state index contributed by atoms with van der Waals surface area (Å²) < 4.78 is 18.4. The monoisotopic (exact) mass is 277 g/mol. The van der Waals surface area contributed by atoms with Gasteiger partial charge in [-0.05, 0) is 22.0 Å². The molecule has 0 aliphatic rings. The van der Waals surface area contributed by atoms with Gasteiger partial charge in [0.1, 0.15) is 0 Å². The van der Waals surface area contributed by atoms with Crippen molar-refractivity contribution in [2.75, 3.05) is 13.7 Å². The van der Waals surface area contributed by atoms with Crippen molar-refractivity contribution >= 4 is 21.7 Å². The predicted octanol–water partition coefficient (Wildman–Crippen LogP) is 1.44. The maximum atomic E-state index is 13.5. The third kappa shape index (κ3) is 2.10. The number of rotatable bonds is 3. The molecule has 6 heteroatoms. The number of hydrogen-bond donors (Lipinski definition) is 2. The Bertz CT molecular complexity index is 409. The van der Waals surface area contributed by atoms with E-state index >= 15 is 0 Å². The molecule has 15 heavy (non-hydrogen) atoms. The molecule has 0 atom stereocenters. The van der Waals surface area contributed by atoms with Gasteiger partial charge in [-0.25, -0.2) is 4.39 Å². The minimum absolute atomic E-state index is 0.0482. The normalized spacial score (nSPS) is 10.1. The summed E-state index contributed by atoms with van der Waals surface area (Å²) in [6.07, 6.45) is 0. The maximum absolute atomic E-state index is 13.5. The molecule has 82 valence electrons. The first-order chi connectivity index (χ1) is 7.02. The minimum Gasteiger partial charge on any atom is -0.502 e. The maximum Gasteiger partial charge on any atom is 0.195 e. The van der Waals surface area contributed by atoms with Gasteiger partial charge in [0.25, 0.3) is 0 Å². The third-order valence-corrected chi connectivity index (χ3v) is 2.47. The Morgan fingerprint density at radius 3 is 2.80 bits per heavy atom. The number of benzene rings is 1. The molecule has 0 fully saturated rings. The van der Waals surface area contributed by atoms with Gasteiger partial charge < -0.3 is 15.6 Å². The van der Waals surface area contributed by atoms with E-state index in [2.05, 4.69) is 15.9 Å². The van der Waals surface area contributed by atoms with Crippen molar-refractivity contribution < 1.29 is 19.0 Å². The molecule has 0 aliphatic carbocycles. The van der Waals surface area contributed by atoms with Crippen LogP contribution < -0.4 is 10.5 Å². The van der Waals surface area contributed by atoms with Crippen molar-refractivity contribution in [3.05, 3.63) is 21.9 Å². The number of ether oxygens (including phenoxy) is 1. The van der Waals surface area contributed by atoms with E-state index in [9.17, 15) is 14.3 Å². The van der Waals surface area contributed by atoms with Gasteiger partial charge in [0.05, 0.1) is 19.2 Å². The zero-order valence-electron chi connectivity index (χ0n) is 7.88. The van der Waals surface area contributed by atoms with Crippen LogP contribution in [0.4, 0.5) is 4.39 Å².